The van der Waals surface area contributed by atoms with Crippen molar-refractivity contribution in [2.75, 3.05) is 26.4 Å². The number of aliphatic hydroxyl groups excluding tert-OH is 11. The zero-order valence-electron chi connectivity index (χ0n) is 65.1. The fraction of sp³-hybridized carbons (Fsp3) is 0.736. The van der Waals surface area contributed by atoms with Crippen LogP contribution in [-0.2, 0) is 33.2 Å². The summed E-state index contributed by atoms with van der Waals surface area (Å²) < 4.78 is 34.5. The fourth-order valence-electron chi connectivity index (χ4n) is 13.1. The average molecular weight is 1500 g/mol. The molecule has 106 heavy (non-hydrogen) atoms. The molecule has 3 aliphatic rings. The van der Waals surface area contributed by atoms with E-state index in [0.29, 0.717) is 12.8 Å². The summed E-state index contributed by atoms with van der Waals surface area (Å²) in [5.41, 5.74) is 0. The quantitative estimate of drug-likeness (QED) is 0.0199. The van der Waals surface area contributed by atoms with E-state index in [4.69, 9.17) is 28.4 Å². The number of hydrogen-bond donors (Lipinski definition) is 12. The first-order valence-corrected chi connectivity index (χ1v) is 41.4. The first-order valence-electron chi connectivity index (χ1n) is 41.4. The zero-order chi connectivity index (χ0) is 76.7. The molecule has 0 aromatic carbocycles. The number of carbonyl (C=O) groups is 1. The van der Waals surface area contributed by atoms with Gasteiger partial charge in [0.2, 0.25) is 5.91 Å². The van der Waals surface area contributed by atoms with Crippen LogP contribution >= 0.6 is 0 Å². The molecule has 0 saturated carbocycles. The standard InChI is InChI=1S/C87H147NO18/c1-3-5-7-9-11-13-15-17-19-21-23-25-26-27-28-29-30-31-32-33-34-35-36-37-38-39-40-41-42-43-44-45-47-49-51-53-55-57-59-61-63-65-75(93)88-70(71(92)64-62-60-58-56-54-52-50-48-46-24-22-20-18-16-14-12-10-8-6-4-2)69-101-85-81(99)78(96)83(73(67-90)103-85)106-87-82(100)79(97)84(74(68-91)104-87)105-86-80(98)77(95)76(94)72(66-89)102-86/h5,7,11,13,17,19,23,25,27-28,30-31,33-34,36-37,39-40,42-43,45,47,70-74,76-87,89-92,94-100H,3-4,6,8-10,12,14-16,18,20-22,24,26,29,32,35,38,41,44,46,48-69H2,1-2H3,(H,88,93)/b7-5-,13-11-,19-17-,25-23-,28-27-,31-30-,34-33-,37-36-,40-39-,43-42-,47-45-. The van der Waals surface area contributed by atoms with E-state index in [1.54, 1.807) is 0 Å². The molecule has 0 aliphatic carbocycles. The average Bonchev–Trinajstić information content (AvgIpc) is 0.780. The highest BCUT2D eigenvalue weighted by Crippen LogP contribution is 2.33. The van der Waals surface area contributed by atoms with Crippen molar-refractivity contribution in [3.63, 3.8) is 0 Å². The van der Waals surface area contributed by atoms with Gasteiger partial charge in [-0.05, 0) is 96.3 Å². The van der Waals surface area contributed by atoms with Gasteiger partial charge in [0.15, 0.2) is 18.9 Å². The van der Waals surface area contributed by atoms with Crippen LogP contribution in [0.1, 0.15) is 277 Å². The molecule has 17 atom stereocenters. The largest absolute Gasteiger partial charge is 0.394 e. The number of ether oxygens (including phenoxy) is 6. The Bertz CT molecular complexity index is 2440. The molecule has 3 heterocycles. The van der Waals surface area contributed by atoms with Crippen molar-refractivity contribution >= 4 is 5.91 Å². The Kier molecular flexibility index (Phi) is 59.5. The Hall–Kier alpha value is -4.07. The molecule has 17 unspecified atom stereocenters. The predicted octanol–water partition coefficient (Wildman–Crippen LogP) is 14.4. The number of allylic oxidation sites excluding steroid dienone is 22. The monoisotopic (exact) mass is 1490 g/mol. The maximum absolute atomic E-state index is 13.5. The van der Waals surface area contributed by atoms with Crippen molar-refractivity contribution in [3.05, 3.63) is 134 Å². The summed E-state index contributed by atoms with van der Waals surface area (Å²) in [5.74, 6) is -0.257. The molecular weight excluding hydrogens is 1350 g/mol. The van der Waals surface area contributed by atoms with Gasteiger partial charge in [-0.2, -0.15) is 0 Å². The summed E-state index contributed by atoms with van der Waals surface area (Å²) in [6.45, 7) is 1.69. The number of unbranched alkanes of at least 4 members (excludes halogenated alkanes) is 26. The van der Waals surface area contributed by atoms with E-state index in [9.17, 15) is 61.0 Å². The minimum absolute atomic E-state index is 0.246. The molecule has 0 radical (unpaired) electrons. The zero-order valence-corrected chi connectivity index (χ0v) is 65.1. The van der Waals surface area contributed by atoms with E-state index in [1.807, 2.05) is 0 Å². The molecule has 3 rings (SSSR count). The first kappa shape index (κ1) is 96.1. The Morgan fingerprint density at radius 2 is 0.651 bits per heavy atom. The fourth-order valence-corrected chi connectivity index (χ4v) is 13.1. The number of aliphatic hydroxyl groups is 11. The third kappa shape index (κ3) is 44.7. The maximum Gasteiger partial charge on any atom is 0.220 e. The van der Waals surface area contributed by atoms with Crippen molar-refractivity contribution in [3.8, 4) is 0 Å². The molecule has 3 fully saturated rings. The molecule has 0 aromatic rings. The topological polar surface area (TPSA) is 307 Å². The van der Waals surface area contributed by atoms with E-state index in [1.165, 1.54) is 103 Å². The third-order valence-corrected chi connectivity index (χ3v) is 19.7. The number of hydrogen-bond acceptors (Lipinski definition) is 18. The van der Waals surface area contributed by atoms with Gasteiger partial charge in [-0.3, -0.25) is 4.79 Å². The van der Waals surface area contributed by atoms with Gasteiger partial charge in [-0.15, -0.1) is 0 Å². The molecule has 608 valence electrons. The minimum Gasteiger partial charge on any atom is -0.394 e. The van der Waals surface area contributed by atoms with Crippen LogP contribution in [0.25, 0.3) is 0 Å². The third-order valence-electron chi connectivity index (χ3n) is 19.7. The molecule has 3 aliphatic heterocycles. The molecule has 0 spiro atoms. The van der Waals surface area contributed by atoms with Gasteiger partial charge >= 0.3 is 0 Å². The van der Waals surface area contributed by atoms with Gasteiger partial charge in [0, 0.05) is 6.42 Å². The van der Waals surface area contributed by atoms with Crippen molar-refractivity contribution < 1.29 is 89.4 Å². The minimum atomic E-state index is -1.98. The SMILES string of the molecule is CC/C=C\C/C=C\C/C=C\C/C=C\C/C=C\C/C=C\C/C=C\C/C=C\C/C=C\C/C=C\C/C=C\CCCCCCCCCC(=O)NC(COC1OC(CO)C(OC2OC(CO)C(OC3OC(CO)C(O)C(O)C3O)C(O)C2O)C(O)C1O)C(O)CCCCCCCCCCCCCCCCCCCCCC. The van der Waals surface area contributed by atoms with Crippen LogP contribution in [0.5, 0.6) is 0 Å². The van der Waals surface area contributed by atoms with Gasteiger partial charge < -0.3 is 89.9 Å². The predicted molar refractivity (Wildman–Crippen MR) is 424 cm³/mol. The molecule has 19 heteroatoms. The van der Waals surface area contributed by atoms with E-state index in [2.05, 4.69) is 153 Å². The highest BCUT2D eigenvalue weighted by atomic mass is 16.8. The Labute approximate surface area is 639 Å². The number of amides is 1. The van der Waals surface area contributed by atoms with Gasteiger partial charge in [0.05, 0.1) is 38.6 Å². The lowest BCUT2D eigenvalue weighted by Crippen LogP contribution is -2.66. The van der Waals surface area contributed by atoms with Gasteiger partial charge in [0.25, 0.3) is 0 Å². The molecule has 12 N–H and O–H groups in total. The second-order valence-electron chi connectivity index (χ2n) is 28.9. The summed E-state index contributed by atoms with van der Waals surface area (Å²) in [7, 11) is 0. The van der Waals surface area contributed by atoms with Crippen molar-refractivity contribution in [2.24, 2.45) is 0 Å². The smallest absolute Gasteiger partial charge is 0.220 e. The van der Waals surface area contributed by atoms with E-state index >= 15 is 0 Å². The molecular formula is C87H147NO18. The van der Waals surface area contributed by atoms with Gasteiger partial charge in [-0.1, -0.05) is 308 Å². The number of nitrogens with one attached hydrogen (secondary N) is 1. The Balaban J connectivity index is 1.34. The van der Waals surface area contributed by atoms with Gasteiger partial charge in [-0.25, -0.2) is 0 Å². The molecule has 3 saturated heterocycles. The summed E-state index contributed by atoms with van der Waals surface area (Å²) in [5, 5.41) is 121. The van der Waals surface area contributed by atoms with Crippen LogP contribution in [0.2, 0.25) is 0 Å². The lowest BCUT2D eigenvalue weighted by atomic mass is 9.96. The lowest BCUT2D eigenvalue weighted by Gasteiger charge is -2.48. The maximum atomic E-state index is 13.5. The lowest BCUT2D eigenvalue weighted by molar-refractivity contribution is -0.379. The molecule has 0 aromatic heterocycles. The summed E-state index contributed by atoms with van der Waals surface area (Å²) in [6, 6.07) is -0.904. The summed E-state index contributed by atoms with van der Waals surface area (Å²) >= 11 is 0. The molecule has 1 amide bonds. The van der Waals surface area contributed by atoms with Crippen LogP contribution in [0, 0.1) is 0 Å². The molecule has 0 bridgehead atoms. The highest BCUT2D eigenvalue weighted by Gasteiger charge is 2.54. The summed E-state index contributed by atoms with van der Waals surface area (Å²) in [4.78, 5) is 13.5. The second-order valence-corrected chi connectivity index (χ2v) is 28.9. The second kappa shape index (κ2) is 65.6. The van der Waals surface area contributed by atoms with Crippen LogP contribution in [0.3, 0.4) is 0 Å². The van der Waals surface area contributed by atoms with E-state index in [-0.39, 0.29) is 18.9 Å². The van der Waals surface area contributed by atoms with Crippen LogP contribution in [0.4, 0.5) is 0 Å². The van der Waals surface area contributed by atoms with Gasteiger partial charge in [0.1, 0.15) is 73.2 Å². The Morgan fingerprint density at radius 1 is 0.349 bits per heavy atom. The number of rotatable bonds is 64. The number of carbonyl (C=O) groups excluding carboxylic acids is 1. The van der Waals surface area contributed by atoms with Crippen LogP contribution in [0.15, 0.2) is 134 Å². The Morgan fingerprint density at radius 3 is 1.02 bits per heavy atom. The first-order chi connectivity index (χ1) is 51.8. The van der Waals surface area contributed by atoms with Crippen LogP contribution in [-0.4, -0.2) is 193 Å². The van der Waals surface area contributed by atoms with Crippen molar-refractivity contribution in [1.29, 1.82) is 0 Å². The molecule has 19 nitrogen and oxygen atoms in total. The summed E-state index contributed by atoms with van der Waals surface area (Å²) in [6.07, 6.45) is 66.7. The van der Waals surface area contributed by atoms with E-state index in [0.717, 1.165) is 141 Å². The van der Waals surface area contributed by atoms with Crippen LogP contribution < -0.4 is 5.32 Å². The highest BCUT2D eigenvalue weighted by molar-refractivity contribution is 5.76. The normalized spacial score (nSPS) is 26.4. The van der Waals surface area contributed by atoms with Crippen molar-refractivity contribution in [2.45, 2.75) is 381 Å². The van der Waals surface area contributed by atoms with Crippen molar-refractivity contribution in [1.82, 2.24) is 5.32 Å². The van der Waals surface area contributed by atoms with E-state index < -0.39 is 124 Å².